The first-order valence-corrected chi connectivity index (χ1v) is 8.66. The van der Waals surface area contributed by atoms with E-state index in [1.165, 1.54) is 10.8 Å². The van der Waals surface area contributed by atoms with Crippen LogP contribution in [-0.2, 0) is 14.2 Å². The highest BCUT2D eigenvalue weighted by molar-refractivity contribution is 5.83. The van der Waals surface area contributed by atoms with Crippen molar-refractivity contribution in [1.82, 2.24) is 0 Å². The first-order chi connectivity index (χ1) is 12.4. The fraction of sp³-hybridized carbons (Fsp3) is 0.364. The lowest BCUT2D eigenvalue weighted by molar-refractivity contribution is -0.154. The molecule has 1 saturated heterocycles. The average Bonchev–Trinajstić information content (AvgIpc) is 2.67. The van der Waals surface area contributed by atoms with Crippen molar-refractivity contribution in [2.24, 2.45) is 0 Å². The molecule has 1 atom stereocenters. The Morgan fingerprint density at radius 2 is 1.76 bits per heavy atom. The summed E-state index contributed by atoms with van der Waals surface area (Å²) >= 11 is 0. The second-order valence-corrected chi connectivity index (χ2v) is 5.82. The van der Waals surface area contributed by atoms with Gasteiger partial charge in [-0.2, -0.15) is 0 Å². The van der Waals surface area contributed by atoms with Crippen LogP contribution in [0.25, 0.3) is 10.8 Å². The van der Waals surface area contributed by atoms with Crippen LogP contribution in [0.3, 0.4) is 0 Å². The van der Waals surface area contributed by atoms with Gasteiger partial charge in [0, 0.05) is 12.2 Å². The van der Waals surface area contributed by atoms with Gasteiger partial charge >= 0.3 is 0 Å². The molecule has 128 valence electrons. The molecule has 0 bridgehead atoms. The summed E-state index contributed by atoms with van der Waals surface area (Å²) in [5.41, 5.74) is 0.995. The van der Waals surface area contributed by atoms with E-state index in [0.29, 0.717) is 19.8 Å². The van der Waals surface area contributed by atoms with Crippen LogP contribution in [0.15, 0.2) is 42.5 Å². The molecule has 1 unspecified atom stereocenters. The highest BCUT2D eigenvalue weighted by Crippen LogP contribution is 2.15. The molecule has 0 N–H and O–H groups in total. The zero-order valence-corrected chi connectivity index (χ0v) is 14.3. The van der Waals surface area contributed by atoms with Crippen molar-refractivity contribution in [3.05, 3.63) is 48.0 Å². The summed E-state index contributed by atoms with van der Waals surface area (Å²) in [4.78, 5) is 0. The van der Waals surface area contributed by atoms with Crippen molar-refractivity contribution >= 4 is 10.8 Å². The second-order valence-electron chi connectivity index (χ2n) is 5.82. The van der Waals surface area contributed by atoms with Gasteiger partial charge in [0.15, 0.2) is 6.29 Å². The van der Waals surface area contributed by atoms with Crippen LogP contribution in [0.1, 0.15) is 24.8 Å². The Morgan fingerprint density at radius 1 is 0.920 bits per heavy atom. The Hall–Kier alpha value is -2.30. The first kappa shape index (κ1) is 17.5. The fourth-order valence-corrected chi connectivity index (χ4v) is 2.64. The lowest BCUT2D eigenvalue weighted by Gasteiger charge is -2.21. The van der Waals surface area contributed by atoms with E-state index in [-0.39, 0.29) is 6.29 Å². The van der Waals surface area contributed by atoms with Crippen molar-refractivity contribution in [1.29, 1.82) is 0 Å². The molecule has 0 spiro atoms. The van der Waals surface area contributed by atoms with Crippen LogP contribution in [-0.4, -0.2) is 32.7 Å². The van der Waals surface area contributed by atoms with Crippen molar-refractivity contribution in [3.63, 3.8) is 0 Å². The molecule has 3 rings (SSSR count). The maximum absolute atomic E-state index is 5.52. The van der Waals surface area contributed by atoms with Gasteiger partial charge in [0.2, 0.25) is 0 Å². The first-order valence-electron chi connectivity index (χ1n) is 8.66. The van der Waals surface area contributed by atoms with E-state index in [0.717, 1.165) is 31.4 Å². The van der Waals surface area contributed by atoms with Crippen molar-refractivity contribution in [2.75, 3.05) is 26.4 Å². The summed E-state index contributed by atoms with van der Waals surface area (Å²) in [6, 6.07) is 14.5. The summed E-state index contributed by atoms with van der Waals surface area (Å²) in [7, 11) is 0. The van der Waals surface area contributed by atoms with Gasteiger partial charge in [-0.25, -0.2) is 0 Å². The Kier molecular flexibility index (Phi) is 6.91. The largest absolute Gasteiger partial charge is 0.356 e. The van der Waals surface area contributed by atoms with Crippen molar-refractivity contribution in [2.45, 2.75) is 25.6 Å². The molecule has 1 fully saturated rings. The third kappa shape index (κ3) is 5.93. The van der Waals surface area contributed by atoms with Crippen LogP contribution in [0.5, 0.6) is 0 Å². The average molecular weight is 334 g/mol. The molecule has 25 heavy (non-hydrogen) atoms. The number of hydrogen-bond donors (Lipinski definition) is 0. The van der Waals surface area contributed by atoms with E-state index in [2.05, 4.69) is 47.9 Å². The van der Waals surface area contributed by atoms with Crippen molar-refractivity contribution in [3.8, 4) is 23.7 Å². The Labute approximate surface area is 149 Å². The fourth-order valence-electron chi connectivity index (χ4n) is 2.64. The summed E-state index contributed by atoms with van der Waals surface area (Å²) in [6.07, 6.45) is 3.16. The molecule has 0 saturated carbocycles. The highest BCUT2D eigenvalue weighted by atomic mass is 16.7. The molecule has 0 amide bonds. The number of ether oxygens (including phenoxy) is 3. The smallest absolute Gasteiger partial charge is 0.158 e. The number of fused-ring (bicyclic) bond motifs is 1. The summed E-state index contributed by atoms with van der Waals surface area (Å²) in [6.45, 7) is 1.91. The molecule has 0 aromatic heterocycles. The number of rotatable bonds is 4. The van der Waals surface area contributed by atoms with Gasteiger partial charge in [-0.3, -0.25) is 0 Å². The lowest BCUT2D eigenvalue weighted by atomic mass is 10.1. The highest BCUT2D eigenvalue weighted by Gasteiger charge is 2.12. The summed E-state index contributed by atoms with van der Waals surface area (Å²) in [5, 5.41) is 2.42. The van der Waals surface area contributed by atoms with Crippen molar-refractivity contribution < 1.29 is 14.2 Å². The number of hydrogen-bond acceptors (Lipinski definition) is 3. The minimum Gasteiger partial charge on any atom is -0.356 e. The zero-order chi connectivity index (χ0) is 17.2. The molecule has 3 heteroatoms. The van der Waals surface area contributed by atoms with Crippen LogP contribution >= 0.6 is 0 Å². The van der Waals surface area contributed by atoms with Crippen LogP contribution < -0.4 is 0 Å². The predicted octanol–water partition coefficient (Wildman–Crippen LogP) is 3.75. The van der Waals surface area contributed by atoms with Gasteiger partial charge in [0.05, 0.1) is 0 Å². The molecule has 0 radical (unpaired) electrons. The molecular formula is C22H22O3. The van der Waals surface area contributed by atoms with E-state index in [9.17, 15) is 0 Å². The van der Waals surface area contributed by atoms with Gasteiger partial charge in [-0.05, 0) is 42.2 Å². The third-order valence-corrected chi connectivity index (χ3v) is 3.93. The standard InChI is InChI=1S/C22H22O3/c1-2-10-21-18-19(12-13-20(21)9-1)8-7-15-23-14-5-6-17-25-22-11-3-4-16-24-22/h1-2,9-10,12-13,18,22H,3-4,11,14-17H2. The van der Waals surface area contributed by atoms with Gasteiger partial charge < -0.3 is 14.2 Å². The maximum atomic E-state index is 5.52. The molecular weight excluding hydrogens is 312 g/mol. The lowest BCUT2D eigenvalue weighted by Crippen LogP contribution is -2.22. The minimum atomic E-state index is -0.0863. The van der Waals surface area contributed by atoms with Crippen LogP contribution in [0.2, 0.25) is 0 Å². The van der Waals surface area contributed by atoms with E-state index < -0.39 is 0 Å². The van der Waals surface area contributed by atoms with Crippen LogP contribution in [0, 0.1) is 23.7 Å². The maximum Gasteiger partial charge on any atom is 0.158 e. The van der Waals surface area contributed by atoms with Gasteiger partial charge in [0.25, 0.3) is 0 Å². The minimum absolute atomic E-state index is 0.0863. The SMILES string of the molecule is C(#CCOC1CCCCO1)COCC#Cc1ccc2ccccc2c1. The van der Waals surface area contributed by atoms with E-state index in [4.69, 9.17) is 14.2 Å². The molecule has 2 aromatic carbocycles. The monoisotopic (exact) mass is 334 g/mol. The Bertz CT molecular complexity index is 798. The zero-order valence-electron chi connectivity index (χ0n) is 14.3. The van der Waals surface area contributed by atoms with Crippen LogP contribution in [0.4, 0.5) is 0 Å². The third-order valence-electron chi connectivity index (χ3n) is 3.93. The molecule has 3 nitrogen and oxygen atoms in total. The van der Waals surface area contributed by atoms with Gasteiger partial charge in [-0.15, -0.1) is 0 Å². The van der Waals surface area contributed by atoms with Gasteiger partial charge in [-0.1, -0.05) is 54.0 Å². The molecule has 0 aliphatic carbocycles. The van der Waals surface area contributed by atoms with Gasteiger partial charge in [0.1, 0.15) is 19.8 Å². The topological polar surface area (TPSA) is 27.7 Å². The van der Waals surface area contributed by atoms with E-state index >= 15 is 0 Å². The Balaban J connectivity index is 1.34. The quantitative estimate of drug-likeness (QED) is 0.629. The molecule has 1 aliphatic heterocycles. The van der Waals surface area contributed by atoms with E-state index in [1.807, 2.05) is 18.2 Å². The summed E-state index contributed by atoms with van der Waals surface area (Å²) in [5.74, 6) is 12.0. The van der Waals surface area contributed by atoms with E-state index in [1.54, 1.807) is 0 Å². The predicted molar refractivity (Wildman–Crippen MR) is 99.0 cm³/mol. The number of benzene rings is 2. The Morgan fingerprint density at radius 3 is 2.64 bits per heavy atom. The second kappa shape index (κ2) is 9.87. The normalized spacial score (nSPS) is 16.6. The summed E-state index contributed by atoms with van der Waals surface area (Å²) < 4.78 is 16.4. The molecule has 1 aliphatic rings. The molecule has 2 aromatic rings. The molecule has 1 heterocycles.